The maximum atomic E-state index is 12.6. The number of hydrogen-bond donors (Lipinski definition) is 2. The maximum absolute atomic E-state index is 12.6. The van der Waals surface area contributed by atoms with E-state index in [1.165, 1.54) is 11.1 Å². The molecule has 0 spiro atoms. The van der Waals surface area contributed by atoms with Crippen LogP contribution in [0.2, 0.25) is 0 Å². The van der Waals surface area contributed by atoms with Crippen LogP contribution in [-0.4, -0.2) is 28.6 Å². The predicted octanol–water partition coefficient (Wildman–Crippen LogP) is 3.02. The van der Waals surface area contributed by atoms with Gasteiger partial charge in [-0.1, -0.05) is 54.6 Å². The Kier molecular flexibility index (Phi) is 5.05. The molecule has 1 atom stereocenters. The minimum atomic E-state index is -0.216. The molecule has 0 bridgehead atoms. The average Bonchev–Trinajstić information content (AvgIpc) is 3.06. The fourth-order valence-corrected chi connectivity index (χ4v) is 4.10. The van der Waals surface area contributed by atoms with Crippen molar-refractivity contribution in [1.82, 2.24) is 10.2 Å². The SMILES string of the molecule is O=C(CCN1Cc2ccccc2C1)NC(c1ccccc1)C1CC(O)C1. The van der Waals surface area contributed by atoms with Gasteiger partial charge in [0.05, 0.1) is 12.1 Å². The molecule has 1 saturated carbocycles. The molecule has 2 aromatic rings. The first-order valence-electron chi connectivity index (χ1n) is 9.50. The average molecular weight is 350 g/mol. The summed E-state index contributed by atoms with van der Waals surface area (Å²) < 4.78 is 0. The summed E-state index contributed by atoms with van der Waals surface area (Å²) in [7, 11) is 0. The number of carbonyl (C=O) groups is 1. The molecule has 2 aliphatic rings. The highest BCUT2D eigenvalue weighted by molar-refractivity contribution is 5.76. The van der Waals surface area contributed by atoms with Crippen molar-refractivity contribution in [2.24, 2.45) is 5.92 Å². The number of nitrogens with zero attached hydrogens (tertiary/aromatic N) is 1. The van der Waals surface area contributed by atoms with Gasteiger partial charge < -0.3 is 10.4 Å². The molecule has 0 saturated heterocycles. The smallest absolute Gasteiger partial charge is 0.221 e. The van der Waals surface area contributed by atoms with Crippen molar-refractivity contribution in [2.45, 2.75) is 44.5 Å². The Balaban J connectivity index is 1.32. The van der Waals surface area contributed by atoms with Gasteiger partial charge in [-0.05, 0) is 35.4 Å². The summed E-state index contributed by atoms with van der Waals surface area (Å²) in [6.45, 7) is 2.64. The first-order chi connectivity index (χ1) is 12.7. The highest BCUT2D eigenvalue weighted by Gasteiger charge is 2.35. The Labute approximate surface area is 154 Å². The number of aliphatic hydroxyl groups excluding tert-OH is 1. The fraction of sp³-hybridized carbons (Fsp3) is 0.409. The van der Waals surface area contributed by atoms with Crippen LogP contribution in [0.1, 0.15) is 42.0 Å². The summed E-state index contributed by atoms with van der Waals surface area (Å²) in [6.07, 6.45) is 1.82. The topological polar surface area (TPSA) is 52.6 Å². The number of benzene rings is 2. The quantitative estimate of drug-likeness (QED) is 0.842. The molecule has 1 amide bonds. The van der Waals surface area contributed by atoms with Crippen molar-refractivity contribution < 1.29 is 9.90 Å². The number of fused-ring (bicyclic) bond motifs is 1. The zero-order valence-corrected chi connectivity index (χ0v) is 15.0. The molecule has 4 heteroatoms. The highest BCUT2D eigenvalue weighted by Crippen LogP contribution is 2.38. The van der Waals surface area contributed by atoms with Crippen molar-refractivity contribution in [1.29, 1.82) is 0 Å². The van der Waals surface area contributed by atoms with Crippen molar-refractivity contribution in [3.8, 4) is 0 Å². The summed E-state index contributed by atoms with van der Waals surface area (Å²) in [6, 6.07) is 18.6. The summed E-state index contributed by atoms with van der Waals surface area (Å²) in [5.74, 6) is 0.420. The third kappa shape index (κ3) is 3.81. The number of nitrogens with one attached hydrogen (secondary N) is 1. The number of hydrogen-bond acceptors (Lipinski definition) is 3. The van der Waals surface area contributed by atoms with Crippen molar-refractivity contribution >= 4 is 5.91 Å². The minimum absolute atomic E-state index is 0.00266. The molecule has 0 radical (unpaired) electrons. The minimum Gasteiger partial charge on any atom is -0.393 e. The molecule has 136 valence electrons. The molecule has 0 aromatic heterocycles. The molecule has 1 aliphatic heterocycles. The Morgan fingerprint density at radius 3 is 2.27 bits per heavy atom. The zero-order chi connectivity index (χ0) is 17.9. The molecule has 1 unspecified atom stereocenters. The van der Waals surface area contributed by atoms with Crippen molar-refractivity contribution in [2.75, 3.05) is 6.54 Å². The number of rotatable bonds is 6. The molecule has 4 rings (SSSR count). The Bertz CT molecular complexity index is 731. The molecule has 4 nitrogen and oxygen atoms in total. The van der Waals surface area contributed by atoms with Crippen LogP contribution >= 0.6 is 0 Å². The Hall–Kier alpha value is -2.17. The second-order valence-electron chi connectivity index (χ2n) is 7.57. The number of aliphatic hydroxyl groups is 1. The first-order valence-corrected chi connectivity index (χ1v) is 9.50. The van der Waals surface area contributed by atoms with Gasteiger partial charge in [-0.25, -0.2) is 0 Å². The molecule has 1 heterocycles. The van der Waals surface area contributed by atoms with Crippen LogP contribution in [0, 0.1) is 5.92 Å². The normalized spacial score (nSPS) is 23.1. The summed E-state index contributed by atoms with van der Waals surface area (Å²) in [4.78, 5) is 14.9. The van der Waals surface area contributed by atoms with Gasteiger partial charge in [-0.3, -0.25) is 9.69 Å². The Morgan fingerprint density at radius 2 is 1.65 bits per heavy atom. The lowest BCUT2D eigenvalue weighted by Crippen LogP contribution is -2.42. The van der Waals surface area contributed by atoms with E-state index in [1.807, 2.05) is 18.2 Å². The molecule has 1 fully saturated rings. The first kappa shape index (κ1) is 17.3. The van der Waals surface area contributed by atoms with Gasteiger partial charge in [-0.2, -0.15) is 0 Å². The van der Waals surface area contributed by atoms with E-state index >= 15 is 0 Å². The van der Waals surface area contributed by atoms with Crippen LogP contribution in [0.5, 0.6) is 0 Å². The van der Waals surface area contributed by atoms with Gasteiger partial charge in [-0.15, -0.1) is 0 Å². The molecule has 2 N–H and O–H groups in total. The molecule has 2 aromatic carbocycles. The van der Waals surface area contributed by atoms with Gasteiger partial charge in [0.15, 0.2) is 0 Å². The van der Waals surface area contributed by atoms with E-state index in [0.29, 0.717) is 12.3 Å². The van der Waals surface area contributed by atoms with Crippen LogP contribution in [-0.2, 0) is 17.9 Å². The third-order valence-corrected chi connectivity index (χ3v) is 5.66. The zero-order valence-electron chi connectivity index (χ0n) is 15.0. The molecular weight excluding hydrogens is 324 g/mol. The van der Waals surface area contributed by atoms with Gasteiger partial charge in [0, 0.05) is 26.1 Å². The van der Waals surface area contributed by atoms with E-state index in [9.17, 15) is 9.90 Å². The van der Waals surface area contributed by atoms with Gasteiger partial charge in [0.1, 0.15) is 0 Å². The highest BCUT2D eigenvalue weighted by atomic mass is 16.3. The largest absolute Gasteiger partial charge is 0.393 e. The van der Waals surface area contributed by atoms with Crippen LogP contribution in [0.3, 0.4) is 0 Å². The van der Waals surface area contributed by atoms with E-state index < -0.39 is 0 Å². The van der Waals surface area contributed by atoms with Crippen LogP contribution in [0.25, 0.3) is 0 Å². The number of carbonyl (C=O) groups excluding carboxylic acids is 1. The van der Waals surface area contributed by atoms with E-state index in [1.54, 1.807) is 0 Å². The van der Waals surface area contributed by atoms with Gasteiger partial charge in [0.2, 0.25) is 5.91 Å². The van der Waals surface area contributed by atoms with E-state index in [2.05, 4.69) is 46.6 Å². The lowest BCUT2D eigenvalue weighted by molar-refractivity contribution is -0.123. The van der Waals surface area contributed by atoms with E-state index in [0.717, 1.165) is 38.0 Å². The molecule has 26 heavy (non-hydrogen) atoms. The lowest BCUT2D eigenvalue weighted by Gasteiger charge is -2.38. The molecular formula is C22H26N2O2. The van der Waals surface area contributed by atoms with Crippen LogP contribution in [0.4, 0.5) is 0 Å². The summed E-state index contributed by atoms with van der Waals surface area (Å²) in [5, 5.41) is 12.9. The summed E-state index contributed by atoms with van der Waals surface area (Å²) in [5.41, 5.74) is 3.88. The van der Waals surface area contributed by atoms with Crippen molar-refractivity contribution in [3.05, 3.63) is 71.3 Å². The predicted molar refractivity (Wildman–Crippen MR) is 101 cm³/mol. The second-order valence-corrected chi connectivity index (χ2v) is 7.57. The van der Waals surface area contributed by atoms with Gasteiger partial charge >= 0.3 is 0 Å². The second kappa shape index (κ2) is 7.60. The third-order valence-electron chi connectivity index (χ3n) is 5.66. The lowest BCUT2D eigenvalue weighted by atomic mass is 9.75. The number of amides is 1. The summed E-state index contributed by atoms with van der Waals surface area (Å²) >= 11 is 0. The fourth-order valence-electron chi connectivity index (χ4n) is 4.10. The van der Waals surface area contributed by atoms with Gasteiger partial charge in [0.25, 0.3) is 0 Å². The van der Waals surface area contributed by atoms with E-state index in [-0.39, 0.29) is 18.1 Å². The van der Waals surface area contributed by atoms with E-state index in [4.69, 9.17) is 0 Å². The van der Waals surface area contributed by atoms with Crippen molar-refractivity contribution in [3.63, 3.8) is 0 Å². The van der Waals surface area contributed by atoms with Crippen LogP contribution < -0.4 is 5.32 Å². The Morgan fingerprint density at radius 1 is 1.04 bits per heavy atom. The maximum Gasteiger partial charge on any atom is 0.221 e. The standard InChI is InChI=1S/C22H26N2O2/c25-20-12-19(13-20)22(16-6-2-1-3-7-16)23-21(26)10-11-24-14-17-8-4-5-9-18(17)15-24/h1-9,19-20,22,25H,10-15H2,(H,23,26). The van der Waals surface area contributed by atoms with Crippen LogP contribution in [0.15, 0.2) is 54.6 Å². The molecule has 1 aliphatic carbocycles. The monoisotopic (exact) mass is 350 g/mol.